The van der Waals surface area contributed by atoms with E-state index in [1.54, 1.807) is 12.1 Å². The molecule has 1 saturated heterocycles. The second-order valence-corrected chi connectivity index (χ2v) is 8.30. The van der Waals surface area contributed by atoms with Gasteiger partial charge in [0.1, 0.15) is 17.2 Å². The predicted octanol–water partition coefficient (Wildman–Crippen LogP) is 1.39. The number of amidine groups is 1. The average Bonchev–Trinajstić information content (AvgIpc) is 3.18. The number of para-hydroxylation sites is 1. The van der Waals surface area contributed by atoms with Crippen molar-refractivity contribution in [3.05, 3.63) is 41.7 Å². The molecule has 8 heteroatoms. The maximum atomic E-state index is 13.3. The molecule has 1 aliphatic carbocycles. The molecule has 2 fully saturated rings. The van der Waals surface area contributed by atoms with Crippen LogP contribution in [0, 0.1) is 5.92 Å². The van der Waals surface area contributed by atoms with E-state index < -0.39 is 0 Å². The number of benzene rings is 1. The van der Waals surface area contributed by atoms with E-state index >= 15 is 0 Å². The van der Waals surface area contributed by atoms with Gasteiger partial charge in [0.15, 0.2) is 0 Å². The summed E-state index contributed by atoms with van der Waals surface area (Å²) >= 11 is 0. The number of nitrogens with zero attached hydrogens (tertiary/aromatic N) is 2. The number of likely N-dealkylation sites (N-methyl/N-ethyl adjacent to an activating group) is 1. The Morgan fingerprint density at radius 1 is 1.20 bits per heavy atom. The highest BCUT2D eigenvalue weighted by Crippen LogP contribution is 2.24. The number of hydrazine groups is 1. The Morgan fingerprint density at radius 3 is 2.70 bits per heavy atom. The summed E-state index contributed by atoms with van der Waals surface area (Å²) in [6.45, 7) is 2.36. The number of fused-ring (bicyclic) bond motifs is 1. The van der Waals surface area contributed by atoms with Crippen LogP contribution in [-0.4, -0.2) is 55.6 Å². The number of rotatable bonds is 5. The Balaban J connectivity index is 1.67. The van der Waals surface area contributed by atoms with Crippen molar-refractivity contribution in [2.24, 2.45) is 16.6 Å². The maximum absolute atomic E-state index is 13.3. The maximum Gasteiger partial charge on any atom is 0.275 e. The van der Waals surface area contributed by atoms with E-state index in [4.69, 9.17) is 10.5 Å². The molecule has 5 N–H and O–H groups in total. The van der Waals surface area contributed by atoms with Gasteiger partial charge in [0.2, 0.25) is 0 Å². The molecule has 1 aromatic rings. The van der Waals surface area contributed by atoms with E-state index in [2.05, 4.69) is 21.1 Å². The molecule has 0 spiro atoms. The van der Waals surface area contributed by atoms with Crippen LogP contribution in [0.1, 0.15) is 32.1 Å². The van der Waals surface area contributed by atoms with E-state index in [0.29, 0.717) is 17.3 Å². The summed E-state index contributed by atoms with van der Waals surface area (Å²) in [4.78, 5) is 17.9. The van der Waals surface area contributed by atoms with Gasteiger partial charge in [-0.2, -0.15) is 0 Å². The summed E-state index contributed by atoms with van der Waals surface area (Å²) in [7, 11) is 1.76. The highest BCUT2D eigenvalue weighted by atomic mass is 16.5. The molecule has 4 rings (SSSR count). The number of hydrogen-bond acceptors (Lipinski definition) is 6. The molecule has 0 radical (unpaired) electrons. The molecule has 0 bridgehead atoms. The number of carbonyl (C=O) groups excluding carboxylic acids is 1. The lowest BCUT2D eigenvalue weighted by molar-refractivity contribution is -0.129. The van der Waals surface area contributed by atoms with E-state index in [0.717, 1.165) is 57.6 Å². The van der Waals surface area contributed by atoms with Crippen molar-refractivity contribution in [1.29, 1.82) is 0 Å². The first-order valence-electron chi connectivity index (χ1n) is 10.9. The standard InChI is InChI=1S/C22H32N6O2/c1-28-22(29)19(20(23)25-16-6-3-2-4-7-16)21(24-14-15-10-12-30-13-11-15)26-17-8-5-9-18(17)27-28/h2-4,6-7,15,17-18,24,26-27H,5,8-14H2,1H3,(H2,23,25)/t17-,18+/m0/s1. The van der Waals surface area contributed by atoms with Crippen LogP contribution < -0.4 is 21.8 Å². The number of ether oxygens (including phenoxy) is 1. The number of amides is 1. The van der Waals surface area contributed by atoms with Crippen LogP contribution in [0.4, 0.5) is 5.69 Å². The molecule has 1 amide bonds. The van der Waals surface area contributed by atoms with Gasteiger partial charge in [-0.1, -0.05) is 18.2 Å². The van der Waals surface area contributed by atoms with Gasteiger partial charge in [0, 0.05) is 38.9 Å². The minimum absolute atomic E-state index is 0.195. The fraction of sp³-hybridized carbons (Fsp3) is 0.545. The van der Waals surface area contributed by atoms with Gasteiger partial charge in [0.25, 0.3) is 5.91 Å². The summed E-state index contributed by atoms with van der Waals surface area (Å²) in [5, 5.41) is 8.67. The molecule has 2 aliphatic heterocycles. The van der Waals surface area contributed by atoms with Crippen LogP contribution in [-0.2, 0) is 9.53 Å². The minimum atomic E-state index is -0.195. The third-order valence-corrected chi connectivity index (χ3v) is 6.14. The molecule has 2 heterocycles. The zero-order valence-electron chi connectivity index (χ0n) is 17.6. The van der Waals surface area contributed by atoms with Crippen LogP contribution in [0.15, 0.2) is 46.7 Å². The Labute approximate surface area is 177 Å². The summed E-state index contributed by atoms with van der Waals surface area (Å²) in [6.07, 6.45) is 5.24. The monoisotopic (exact) mass is 412 g/mol. The van der Waals surface area contributed by atoms with Crippen LogP contribution in [0.25, 0.3) is 0 Å². The predicted molar refractivity (Wildman–Crippen MR) is 117 cm³/mol. The largest absolute Gasteiger partial charge is 0.383 e. The fourth-order valence-corrected chi connectivity index (χ4v) is 4.40. The summed E-state index contributed by atoms with van der Waals surface area (Å²) in [6, 6.07) is 9.93. The molecule has 1 saturated carbocycles. The van der Waals surface area contributed by atoms with Crippen LogP contribution >= 0.6 is 0 Å². The van der Waals surface area contributed by atoms with Crippen molar-refractivity contribution in [1.82, 2.24) is 21.1 Å². The summed E-state index contributed by atoms with van der Waals surface area (Å²) < 4.78 is 5.48. The third-order valence-electron chi connectivity index (χ3n) is 6.14. The van der Waals surface area contributed by atoms with E-state index in [-0.39, 0.29) is 23.8 Å². The van der Waals surface area contributed by atoms with Crippen LogP contribution in [0.3, 0.4) is 0 Å². The molecule has 2 atom stereocenters. The topological polar surface area (TPSA) is 104 Å². The molecule has 30 heavy (non-hydrogen) atoms. The van der Waals surface area contributed by atoms with Gasteiger partial charge >= 0.3 is 0 Å². The molecule has 1 aromatic carbocycles. The second kappa shape index (κ2) is 9.49. The van der Waals surface area contributed by atoms with E-state index in [1.165, 1.54) is 0 Å². The normalized spacial score (nSPS) is 26.1. The van der Waals surface area contributed by atoms with Crippen molar-refractivity contribution in [2.45, 2.75) is 44.2 Å². The molecule has 0 unspecified atom stereocenters. The number of hydrogen-bond donors (Lipinski definition) is 4. The van der Waals surface area contributed by atoms with Crippen molar-refractivity contribution < 1.29 is 9.53 Å². The Bertz CT molecular complexity index is 803. The molecule has 162 valence electrons. The fourth-order valence-electron chi connectivity index (χ4n) is 4.40. The average molecular weight is 413 g/mol. The first-order chi connectivity index (χ1) is 14.6. The highest BCUT2D eigenvalue weighted by Gasteiger charge is 2.35. The van der Waals surface area contributed by atoms with Gasteiger partial charge < -0.3 is 21.1 Å². The number of carbonyl (C=O) groups is 1. The zero-order chi connectivity index (χ0) is 20.9. The second-order valence-electron chi connectivity index (χ2n) is 8.30. The molecular weight excluding hydrogens is 380 g/mol. The van der Waals surface area contributed by atoms with Gasteiger partial charge in [-0.15, -0.1) is 0 Å². The van der Waals surface area contributed by atoms with Gasteiger partial charge in [0.05, 0.1) is 5.69 Å². The molecule has 8 nitrogen and oxygen atoms in total. The summed E-state index contributed by atoms with van der Waals surface area (Å²) in [5.74, 6) is 1.21. The van der Waals surface area contributed by atoms with Gasteiger partial charge in [-0.3, -0.25) is 9.80 Å². The first-order valence-corrected chi connectivity index (χ1v) is 10.9. The van der Waals surface area contributed by atoms with Crippen LogP contribution in [0.5, 0.6) is 0 Å². The van der Waals surface area contributed by atoms with Crippen molar-refractivity contribution in [2.75, 3.05) is 26.8 Å². The molecule has 0 aromatic heterocycles. The lowest BCUT2D eigenvalue weighted by Crippen LogP contribution is -2.57. The van der Waals surface area contributed by atoms with Crippen molar-refractivity contribution in [3.8, 4) is 0 Å². The first kappa shape index (κ1) is 20.7. The lowest BCUT2D eigenvalue weighted by Gasteiger charge is -2.34. The minimum Gasteiger partial charge on any atom is -0.383 e. The molecule has 3 aliphatic rings. The quantitative estimate of drug-likeness (QED) is 0.430. The Kier molecular flexibility index (Phi) is 6.54. The summed E-state index contributed by atoms with van der Waals surface area (Å²) in [5.41, 5.74) is 10.8. The van der Waals surface area contributed by atoms with Gasteiger partial charge in [-0.25, -0.2) is 10.4 Å². The zero-order valence-corrected chi connectivity index (χ0v) is 17.6. The third kappa shape index (κ3) is 4.76. The van der Waals surface area contributed by atoms with Crippen LogP contribution in [0.2, 0.25) is 0 Å². The highest BCUT2D eigenvalue weighted by molar-refractivity contribution is 6.21. The van der Waals surface area contributed by atoms with Gasteiger partial charge in [-0.05, 0) is 50.2 Å². The van der Waals surface area contributed by atoms with Crippen molar-refractivity contribution in [3.63, 3.8) is 0 Å². The SMILES string of the molecule is CN1N[C@@H]2CCC[C@@H]2NC(NCC2CCOCC2)=C(C(N)=Nc2ccccc2)C1=O. The number of nitrogens with two attached hydrogens (primary N) is 1. The van der Waals surface area contributed by atoms with E-state index in [9.17, 15) is 4.79 Å². The smallest absolute Gasteiger partial charge is 0.275 e. The Hall–Kier alpha value is -2.58. The number of aliphatic imine (C=N–C) groups is 1. The van der Waals surface area contributed by atoms with E-state index in [1.807, 2.05) is 30.3 Å². The lowest BCUT2D eigenvalue weighted by atomic mass is 10.0. The van der Waals surface area contributed by atoms with Crippen molar-refractivity contribution >= 4 is 17.4 Å². The Morgan fingerprint density at radius 2 is 1.93 bits per heavy atom. The molecular formula is C22H32N6O2. The number of nitrogens with one attached hydrogen (secondary N) is 3.